The van der Waals surface area contributed by atoms with Crippen LogP contribution in [0, 0.1) is 0 Å². The molecule has 5 heteroatoms. The van der Waals surface area contributed by atoms with Crippen molar-refractivity contribution in [1.82, 2.24) is 5.32 Å². The molecular weight excluding hydrogens is 158 g/mol. The van der Waals surface area contributed by atoms with Crippen molar-refractivity contribution in [1.29, 1.82) is 0 Å². The molecule has 0 bridgehead atoms. The minimum atomic E-state index is -0.254. The molecule has 0 aliphatic rings. The van der Waals surface area contributed by atoms with E-state index in [9.17, 15) is 4.79 Å². The van der Waals surface area contributed by atoms with Gasteiger partial charge in [0.25, 0.3) is 0 Å². The summed E-state index contributed by atoms with van der Waals surface area (Å²) in [6.45, 7) is 3.93. The van der Waals surface area contributed by atoms with Gasteiger partial charge in [-0.3, -0.25) is 10.1 Å². The van der Waals surface area contributed by atoms with Gasteiger partial charge in [-0.15, -0.1) is 0 Å². The van der Waals surface area contributed by atoms with Gasteiger partial charge in [0.2, 0.25) is 11.9 Å². The summed E-state index contributed by atoms with van der Waals surface area (Å²) in [4.78, 5) is 15.2. The predicted octanol–water partition coefficient (Wildman–Crippen LogP) is 0.169. The van der Waals surface area contributed by atoms with Gasteiger partial charge in [0.15, 0.2) is 0 Å². The molecule has 0 fully saturated rings. The molecule has 0 spiro atoms. The topological polar surface area (TPSA) is 76.7 Å². The van der Waals surface area contributed by atoms with E-state index in [0.29, 0.717) is 6.61 Å². The van der Waals surface area contributed by atoms with Crippen molar-refractivity contribution in [2.45, 2.75) is 26.7 Å². The number of hydrogen-bond donors (Lipinski definition) is 2. The number of oxime groups is 1. The van der Waals surface area contributed by atoms with Crippen molar-refractivity contribution >= 4 is 11.9 Å². The van der Waals surface area contributed by atoms with Crippen LogP contribution in [0.15, 0.2) is 5.16 Å². The van der Waals surface area contributed by atoms with E-state index in [1.165, 1.54) is 6.92 Å². The minimum absolute atomic E-state index is 0.00129. The predicted molar refractivity (Wildman–Crippen MR) is 46.3 cm³/mol. The lowest BCUT2D eigenvalue weighted by Gasteiger charge is -2.00. The SMILES string of the molecule is CCCCON=C(N)NC(C)=O. The van der Waals surface area contributed by atoms with Crippen LogP contribution in [0.1, 0.15) is 26.7 Å². The number of nitrogens with two attached hydrogens (primary N) is 1. The zero-order valence-corrected chi connectivity index (χ0v) is 7.46. The fourth-order valence-electron chi connectivity index (χ4n) is 0.527. The second-order valence-corrected chi connectivity index (χ2v) is 2.34. The molecule has 0 aliphatic heterocycles. The number of hydrogen-bond acceptors (Lipinski definition) is 3. The van der Waals surface area contributed by atoms with Crippen LogP contribution in [0.25, 0.3) is 0 Å². The fourth-order valence-corrected chi connectivity index (χ4v) is 0.527. The van der Waals surface area contributed by atoms with E-state index in [2.05, 4.69) is 10.5 Å². The van der Waals surface area contributed by atoms with Crippen LogP contribution in [0.2, 0.25) is 0 Å². The van der Waals surface area contributed by atoms with E-state index in [1.807, 2.05) is 6.92 Å². The molecule has 0 aliphatic carbocycles. The van der Waals surface area contributed by atoms with E-state index >= 15 is 0 Å². The lowest BCUT2D eigenvalue weighted by molar-refractivity contribution is -0.117. The second kappa shape index (κ2) is 6.45. The van der Waals surface area contributed by atoms with Crippen molar-refractivity contribution in [3.8, 4) is 0 Å². The summed E-state index contributed by atoms with van der Waals surface area (Å²) in [6, 6.07) is 0. The highest BCUT2D eigenvalue weighted by Gasteiger charge is 1.93. The molecular formula is C7H15N3O2. The Kier molecular flexibility index (Phi) is 5.77. The Bertz CT molecular complexity index is 168. The molecule has 0 saturated heterocycles. The van der Waals surface area contributed by atoms with Gasteiger partial charge in [-0.2, -0.15) is 0 Å². The quantitative estimate of drug-likeness (QED) is 0.275. The first kappa shape index (κ1) is 10.7. The summed E-state index contributed by atoms with van der Waals surface area (Å²) in [5, 5.41) is 5.75. The number of unbranched alkanes of at least 4 members (excludes halogenated alkanes) is 1. The van der Waals surface area contributed by atoms with Crippen LogP contribution in [-0.4, -0.2) is 18.5 Å². The number of amides is 1. The maximum absolute atomic E-state index is 10.4. The number of nitrogens with zero attached hydrogens (tertiary/aromatic N) is 1. The molecule has 0 aromatic rings. The molecule has 1 amide bonds. The average Bonchev–Trinajstić information content (AvgIpc) is 1.97. The fraction of sp³-hybridized carbons (Fsp3) is 0.714. The van der Waals surface area contributed by atoms with Gasteiger partial charge in [-0.25, -0.2) is 0 Å². The van der Waals surface area contributed by atoms with Gasteiger partial charge in [-0.05, 0) is 11.6 Å². The summed E-state index contributed by atoms with van der Waals surface area (Å²) in [7, 11) is 0. The smallest absolute Gasteiger partial charge is 0.237 e. The third-order valence-corrected chi connectivity index (χ3v) is 1.06. The van der Waals surface area contributed by atoms with Crippen molar-refractivity contribution < 1.29 is 9.63 Å². The van der Waals surface area contributed by atoms with Crippen molar-refractivity contribution in [3.05, 3.63) is 0 Å². The van der Waals surface area contributed by atoms with Crippen molar-refractivity contribution in [3.63, 3.8) is 0 Å². The molecule has 0 saturated carbocycles. The average molecular weight is 173 g/mol. The molecule has 0 unspecified atom stereocenters. The van der Waals surface area contributed by atoms with E-state index in [4.69, 9.17) is 10.6 Å². The second-order valence-electron chi connectivity index (χ2n) is 2.34. The molecule has 12 heavy (non-hydrogen) atoms. The highest BCUT2D eigenvalue weighted by atomic mass is 16.6. The summed E-state index contributed by atoms with van der Waals surface area (Å²) in [6.07, 6.45) is 1.96. The lowest BCUT2D eigenvalue weighted by atomic mass is 10.4. The van der Waals surface area contributed by atoms with Crippen LogP contribution >= 0.6 is 0 Å². The Hall–Kier alpha value is -1.26. The Morgan fingerprint density at radius 2 is 2.33 bits per heavy atom. The monoisotopic (exact) mass is 173 g/mol. The molecule has 0 aromatic heterocycles. The Morgan fingerprint density at radius 3 is 2.83 bits per heavy atom. The van der Waals surface area contributed by atoms with Gasteiger partial charge >= 0.3 is 0 Å². The minimum Gasteiger partial charge on any atom is -0.393 e. The third kappa shape index (κ3) is 6.85. The normalized spacial score (nSPS) is 11.0. The van der Waals surface area contributed by atoms with E-state index < -0.39 is 0 Å². The van der Waals surface area contributed by atoms with Gasteiger partial charge in [0.05, 0.1) is 0 Å². The molecule has 3 N–H and O–H groups in total. The standard InChI is InChI=1S/C7H15N3O2/c1-3-4-5-12-10-7(8)9-6(2)11/h3-5H2,1-2H3,(H3,8,9,10,11). The number of rotatable bonds is 4. The van der Waals surface area contributed by atoms with Gasteiger partial charge in [0.1, 0.15) is 6.61 Å². The molecule has 0 rings (SSSR count). The lowest BCUT2D eigenvalue weighted by Crippen LogP contribution is -2.35. The van der Waals surface area contributed by atoms with Gasteiger partial charge in [0, 0.05) is 6.92 Å². The summed E-state index contributed by atoms with van der Waals surface area (Å²) in [5.74, 6) is -0.256. The van der Waals surface area contributed by atoms with Crippen LogP contribution in [0.5, 0.6) is 0 Å². The Labute approximate surface area is 71.9 Å². The largest absolute Gasteiger partial charge is 0.393 e. The van der Waals surface area contributed by atoms with Crippen molar-refractivity contribution in [2.75, 3.05) is 6.61 Å². The van der Waals surface area contributed by atoms with Crippen LogP contribution < -0.4 is 11.1 Å². The summed E-state index contributed by atoms with van der Waals surface area (Å²) < 4.78 is 0. The molecule has 0 aromatic carbocycles. The first-order valence-corrected chi connectivity index (χ1v) is 3.89. The van der Waals surface area contributed by atoms with Crippen LogP contribution in [0.4, 0.5) is 0 Å². The Morgan fingerprint density at radius 1 is 1.67 bits per heavy atom. The maximum Gasteiger partial charge on any atom is 0.237 e. The third-order valence-electron chi connectivity index (χ3n) is 1.06. The maximum atomic E-state index is 10.4. The van der Waals surface area contributed by atoms with Crippen LogP contribution in [0.3, 0.4) is 0 Å². The summed E-state index contributed by atoms with van der Waals surface area (Å²) >= 11 is 0. The zero-order valence-electron chi connectivity index (χ0n) is 7.46. The van der Waals surface area contributed by atoms with Crippen LogP contribution in [-0.2, 0) is 9.63 Å². The molecule has 5 nitrogen and oxygen atoms in total. The van der Waals surface area contributed by atoms with Gasteiger partial charge < -0.3 is 10.6 Å². The summed E-state index contributed by atoms with van der Waals surface area (Å²) in [5.41, 5.74) is 5.25. The van der Waals surface area contributed by atoms with E-state index in [-0.39, 0.29) is 11.9 Å². The highest BCUT2D eigenvalue weighted by Crippen LogP contribution is 1.87. The number of carbonyl (C=O) groups is 1. The highest BCUT2D eigenvalue weighted by molar-refractivity contribution is 5.94. The first-order valence-electron chi connectivity index (χ1n) is 3.89. The first-order chi connectivity index (χ1) is 5.66. The zero-order chi connectivity index (χ0) is 9.40. The number of guanidine groups is 1. The molecule has 0 atom stereocenters. The number of carbonyl (C=O) groups excluding carboxylic acids is 1. The van der Waals surface area contributed by atoms with E-state index in [1.54, 1.807) is 0 Å². The van der Waals surface area contributed by atoms with E-state index in [0.717, 1.165) is 12.8 Å². The molecule has 0 radical (unpaired) electrons. The van der Waals surface area contributed by atoms with Gasteiger partial charge in [-0.1, -0.05) is 13.3 Å². The molecule has 0 heterocycles. The number of nitrogens with one attached hydrogen (secondary N) is 1. The van der Waals surface area contributed by atoms with Crippen molar-refractivity contribution in [2.24, 2.45) is 10.9 Å². The Balaban J connectivity index is 3.48. The molecule has 70 valence electrons.